The summed E-state index contributed by atoms with van der Waals surface area (Å²) in [6, 6.07) is -0.344. The molecule has 1 saturated heterocycles. The van der Waals surface area contributed by atoms with Crippen molar-refractivity contribution in [2.45, 2.75) is 57.7 Å². The van der Waals surface area contributed by atoms with E-state index < -0.39 is 6.04 Å². The molecule has 1 heterocycles. The van der Waals surface area contributed by atoms with E-state index in [0.717, 1.165) is 25.7 Å². The van der Waals surface area contributed by atoms with Gasteiger partial charge in [0.2, 0.25) is 11.8 Å². The molecule has 0 spiro atoms. The van der Waals surface area contributed by atoms with Crippen LogP contribution < -0.4 is 11.1 Å². The molecule has 1 aliphatic heterocycles. The molecule has 3 N–H and O–H groups in total. The number of ether oxygens (including phenoxy) is 1. The van der Waals surface area contributed by atoms with Crippen molar-refractivity contribution in [3.63, 3.8) is 0 Å². The van der Waals surface area contributed by atoms with Crippen LogP contribution in [0.5, 0.6) is 0 Å². The fourth-order valence-corrected chi connectivity index (χ4v) is 3.15. The van der Waals surface area contributed by atoms with Crippen LogP contribution in [0.2, 0.25) is 0 Å². The maximum absolute atomic E-state index is 12.7. The Morgan fingerprint density at radius 2 is 2.10 bits per heavy atom. The van der Waals surface area contributed by atoms with Crippen LogP contribution in [-0.2, 0) is 14.3 Å². The zero-order valence-electron chi connectivity index (χ0n) is 13.0. The highest BCUT2D eigenvalue weighted by Crippen LogP contribution is 2.26. The third-order valence-electron chi connectivity index (χ3n) is 4.21. The number of carbonyl (C=O) groups is 2. The van der Waals surface area contributed by atoms with Crippen LogP contribution in [0.1, 0.15) is 39.5 Å². The molecule has 2 amide bonds. The molecule has 120 valence electrons. The average molecular weight is 297 g/mol. The van der Waals surface area contributed by atoms with E-state index in [1.54, 1.807) is 4.90 Å². The number of hydrogen-bond donors (Lipinski definition) is 2. The number of amides is 2. The Balaban J connectivity index is 2.03. The van der Waals surface area contributed by atoms with Gasteiger partial charge in [-0.3, -0.25) is 9.59 Å². The number of nitrogens with one attached hydrogen (secondary N) is 1. The van der Waals surface area contributed by atoms with Crippen molar-refractivity contribution in [1.29, 1.82) is 0 Å². The SMILES string of the molecule is CC(C)NC(=O)C1COCCN1C(=O)C1CCCC(N)C1. The molecule has 0 bridgehead atoms. The lowest BCUT2D eigenvalue weighted by atomic mass is 9.85. The maximum atomic E-state index is 12.7. The first kappa shape index (κ1) is 16.2. The van der Waals surface area contributed by atoms with E-state index in [1.807, 2.05) is 13.8 Å². The average Bonchev–Trinajstić information content (AvgIpc) is 2.46. The van der Waals surface area contributed by atoms with E-state index in [2.05, 4.69) is 5.32 Å². The minimum atomic E-state index is -0.508. The molecule has 3 atom stereocenters. The summed E-state index contributed by atoms with van der Waals surface area (Å²) in [5.74, 6) is -0.100. The Kier molecular flexibility index (Phi) is 5.58. The van der Waals surface area contributed by atoms with Crippen molar-refractivity contribution >= 4 is 11.8 Å². The van der Waals surface area contributed by atoms with Crippen molar-refractivity contribution in [3.8, 4) is 0 Å². The Morgan fingerprint density at radius 1 is 1.33 bits per heavy atom. The van der Waals surface area contributed by atoms with Gasteiger partial charge in [-0.2, -0.15) is 0 Å². The quantitative estimate of drug-likeness (QED) is 0.782. The molecule has 1 saturated carbocycles. The minimum Gasteiger partial charge on any atom is -0.377 e. The maximum Gasteiger partial charge on any atom is 0.245 e. The van der Waals surface area contributed by atoms with Gasteiger partial charge in [0.15, 0.2) is 0 Å². The number of rotatable bonds is 3. The van der Waals surface area contributed by atoms with Crippen molar-refractivity contribution in [1.82, 2.24) is 10.2 Å². The topological polar surface area (TPSA) is 84.7 Å². The summed E-state index contributed by atoms with van der Waals surface area (Å²) >= 11 is 0. The van der Waals surface area contributed by atoms with Gasteiger partial charge in [0, 0.05) is 24.5 Å². The second-order valence-corrected chi connectivity index (χ2v) is 6.41. The molecule has 2 aliphatic rings. The van der Waals surface area contributed by atoms with Crippen LogP contribution in [0.15, 0.2) is 0 Å². The molecule has 6 nitrogen and oxygen atoms in total. The Bertz CT molecular complexity index is 386. The summed E-state index contributed by atoms with van der Waals surface area (Å²) in [6.45, 7) is 5.08. The second-order valence-electron chi connectivity index (χ2n) is 6.41. The molecular weight excluding hydrogens is 270 g/mol. The van der Waals surface area contributed by atoms with Crippen molar-refractivity contribution in [3.05, 3.63) is 0 Å². The third-order valence-corrected chi connectivity index (χ3v) is 4.21. The van der Waals surface area contributed by atoms with Crippen LogP contribution >= 0.6 is 0 Å². The summed E-state index contributed by atoms with van der Waals surface area (Å²) in [6.07, 6.45) is 3.59. The Hall–Kier alpha value is -1.14. The summed E-state index contributed by atoms with van der Waals surface area (Å²) in [7, 11) is 0. The van der Waals surface area contributed by atoms with Crippen LogP contribution in [0, 0.1) is 5.92 Å². The molecule has 6 heteroatoms. The number of carbonyl (C=O) groups excluding carboxylic acids is 2. The van der Waals surface area contributed by atoms with Crippen LogP contribution in [-0.4, -0.2) is 54.6 Å². The summed E-state index contributed by atoms with van der Waals surface area (Å²) in [5, 5.41) is 2.87. The van der Waals surface area contributed by atoms with Gasteiger partial charge in [0.05, 0.1) is 13.2 Å². The molecular formula is C15H27N3O3. The smallest absolute Gasteiger partial charge is 0.245 e. The molecule has 2 rings (SSSR count). The van der Waals surface area contributed by atoms with E-state index in [1.165, 1.54) is 0 Å². The van der Waals surface area contributed by atoms with E-state index in [0.29, 0.717) is 13.2 Å². The second kappa shape index (κ2) is 7.22. The first-order valence-corrected chi connectivity index (χ1v) is 7.93. The molecule has 0 aromatic carbocycles. The largest absolute Gasteiger partial charge is 0.377 e. The predicted molar refractivity (Wildman–Crippen MR) is 79.5 cm³/mol. The fraction of sp³-hybridized carbons (Fsp3) is 0.867. The van der Waals surface area contributed by atoms with E-state index in [-0.39, 0.29) is 36.4 Å². The highest BCUT2D eigenvalue weighted by molar-refractivity contribution is 5.89. The summed E-state index contributed by atoms with van der Waals surface area (Å²) < 4.78 is 5.39. The molecule has 2 fully saturated rings. The summed E-state index contributed by atoms with van der Waals surface area (Å²) in [5.41, 5.74) is 5.98. The normalized spacial score (nSPS) is 30.3. The zero-order valence-corrected chi connectivity index (χ0v) is 13.0. The van der Waals surface area contributed by atoms with Crippen LogP contribution in [0.25, 0.3) is 0 Å². The lowest BCUT2D eigenvalue weighted by molar-refractivity contribution is -0.152. The number of nitrogens with zero attached hydrogens (tertiary/aromatic N) is 1. The third kappa shape index (κ3) is 4.17. The highest BCUT2D eigenvalue weighted by Gasteiger charge is 2.37. The summed E-state index contributed by atoms with van der Waals surface area (Å²) in [4.78, 5) is 26.7. The molecule has 0 radical (unpaired) electrons. The Labute approximate surface area is 126 Å². The molecule has 3 unspecified atom stereocenters. The molecule has 1 aliphatic carbocycles. The zero-order chi connectivity index (χ0) is 15.4. The van der Waals surface area contributed by atoms with Crippen LogP contribution in [0.3, 0.4) is 0 Å². The first-order valence-electron chi connectivity index (χ1n) is 7.93. The van der Waals surface area contributed by atoms with Crippen molar-refractivity contribution in [2.24, 2.45) is 11.7 Å². The standard InChI is InChI=1S/C15H27N3O3/c1-10(2)17-14(19)13-9-21-7-6-18(13)15(20)11-4-3-5-12(16)8-11/h10-13H,3-9,16H2,1-2H3,(H,17,19). The van der Waals surface area contributed by atoms with E-state index >= 15 is 0 Å². The first-order chi connectivity index (χ1) is 9.99. The minimum absolute atomic E-state index is 0.0406. The van der Waals surface area contributed by atoms with Gasteiger partial charge in [-0.15, -0.1) is 0 Å². The molecule has 21 heavy (non-hydrogen) atoms. The van der Waals surface area contributed by atoms with Gasteiger partial charge in [-0.05, 0) is 33.1 Å². The number of nitrogens with two attached hydrogens (primary N) is 1. The van der Waals surface area contributed by atoms with Gasteiger partial charge >= 0.3 is 0 Å². The lowest BCUT2D eigenvalue weighted by Gasteiger charge is -2.38. The van der Waals surface area contributed by atoms with Gasteiger partial charge in [0.1, 0.15) is 6.04 Å². The van der Waals surface area contributed by atoms with Gasteiger partial charge in [-0.1, -0.05) is 6.42 Å². The Morgan fingerprint density at radius 3 is 2.76 bits per heavy atom. The van der Waals surface area contributed by atoms with Crippen molar-refractivity contribution < 1.29 is 14.3 Å². The van der Waals surface area contributed by atoms with Crippen LogP contribution in [0.4, 0.5) is 0 Å². The van der Waals surface area contributed by atoms with E-state index in [9.17, 15) is 9.59 Å². The van der Waals surface area contributed by atoms with Crippen molar-refractivity contribution in [2.75, 3.05) is 19.8 Å². The molecule has 0 aromatic heterocycles. The van der Waals surface area contributed by atoms with Gasteiger partial charge in [-0.25, -0.2) is 0 Å². The predicted octanol–water partition coefficient (Wildman–Crippen LogP) is 0.256. The lowest BCUT2D eigenvalue weighted by Crippen LogP contribution is -2.58. The molecule has 0 aromatic rings. The van der Waals surface area contributed by atoms with Gasteiger partial charge in [0.25, 0.3) is 0 Å². The van der Waals surface area contributed by atoms with Gasteiger partial charge < -0.3 is 20.7 Å². The monoisotopic (exact) mass is 297 g/mol. The highest BCUT2D eigenvalue weighted by atomic mass is 16.5. The fourth-order valence-electron chi connectivity index (χ4n) is 3.15. The number of morpholine rings is 1. The van der Waals surface area contributed by atoms with E-state index in [4.69, 9.17) is 10.5 Å². The number of hydrogen-bond acceptors (Lipinski definition) is 4.